The summed E-state index contributed by atoms with van der Waals surface area (Å²) in [6.45, 7) is 2.13. The van der Waals surface area contributed by atoms with E-state index in [4.69, 9.17) is 16.3 Å². The molecule has 148 valence electrons. The number of nitro groups is 1. The maximum Gasteiger partial charge on any atom is 0.341 e. The number of nitro benzene ring substituents is 1. The topological polar surface area (TPSA) is 98.5 Å². The fourth-order valence-electron chi connectivity index (χ4n) is 3.43. The van der Waals surface area contributed by atoms with Gasteiger partial charge in [-0.1, -0.05) is 24.9 Å². The van der Waals surface area contributed by atoms with Crippen molar-refractivity contribution in [3.63, 3.8) is 0 Å². The standard InChI is InChI=1S/C19H19ClN2O5S/c1-3-10-4-6-13-15(8-10)28-18(16(13)19(24)27-2)21-17(23)12-7-5-11(20)9-14(12)22(25)26/h5,7,9-10H,3-4,6,8H2,1-2H3,(H,21,23)/t10-/m0/s1. The molecular weight excluding hydrogens is 404 g/mol. The van der Waals surface area contributed by atoms with Crippen LogP contribution >= 0.6 is 22.9 Å². The van der Waals surface area contributed by atoms with Gasteiger partial charge in [0.15, 0.2) is 0 Å². The Kier molecular flexibility index (Phi) is 6.00. The number of halogens is 1. The molecule has 1 heterocycles. The van der Waals surface area contributed by atoms with Gasteiger partial charge in [0.2, 0.25) is 0 Å². The van der Waals surface area contributed by atoms with Crippen molar-refractivity contribution in [3.05, 3.63) is 54.9 Å². The lowest BCUT2D eigenvalue weighted by atomic mass is 9.85. The number of nitrogens with zero attached hydrogens (tertiary/aromatic N) is 1. The van der Waals surface area contributed by atoms with E-state index >= 15 is 0 Å². The van der Waals surface area contributed by atoms with Gasteiger partial charge in [0.05, 0.1) is 17.6 Å². The van der Waals surface area contributed by atoms with Crippen LogP contribution in [0.1, 0.15) is 50.9 Å². The van der Waals surface area contributed by atoms with E-state index in [1.54, 1.807) is 0 Å². The minimum atomic E-state index is -0.667. The van der Waals surface area contributed by atoms with Gasteiger partial charge >= 0.3 is 5.97 Å². The number of thiophene rings is 1. The number of carbonyl (C=O) groups is 2. The molecule has 0 saturated carbocycles. The molecule has 28 heavy (non-hydrogen) atoms. The van der Waals surface area contributed by atoms with Gasteiger partial charge in [-0.05, 0) is 42.9 Å². The Morgan fingerprint density at radius 1 is 1.43 bits per heavy atom. The number of fused-ring (bicyclic) bond motifs is 1. The molecule has 9 heteroatoms. The van der Waals surface area contributed by atoms with E-state index in [-0.39, 0.29) is 10.6 Å². The average molecular weight is 423 g/mol. The van der Waals surface area contributed by atoms with Crippen molar-refractivity contribution in [1.29, 1.82) is 0 Å². The number of ether oxygens (including phenoxy) is 1. The molecule has 1 amide bonds. The number of esters is 1. The number of methoxy groups -OCH3 is 1. The monoisotopic (exact) mass is 422 g/mol. The third-order valence-corrected chi connectivity index (χ3v) is 6.37. The lowest BCUT2D eigenvalue weighted by Crippen LogP contribution is -2.17. The molecule has 0 fully saturated rings. The van der Waals surface area contributed by atoms with Crippen LogP contribution in [0.3, 0.4) is 0 Å². The maximum absolute atomic E-state index is 12.7. The highest BCUT2D eigenvalue weighted by Crippen LogP contribution is 2.41. The predicted molar refractivity (Wildman–Crippen MR) is 108 cm³/mol. The normalized spacial score (nSPS) is 15.6. The maximum atomic E-state index is 12.7. The predicted octanol–water partition coefficient (Wildman–Crippen LogP) is 4.86. The molecule has 1 aliphatic carbocycles. The Balaban J connectivity index is 1.99. The van der Waals surface area contributed by atoms with Gasteiger partial charge in [-0.25, -0.2) is 4.79 Å². The summed E-state index contributed by atoms with van der Waals surface area (Å²) in [5.41, 5.74) is 0.740. The smallest absolute Gasteiger partial charge is 0.341 e. The Bertz CT molecular complexity index is 956. The minimum absolute atomic E-state index is 0.122. The van der Waals surface area contributed by atoms with Crippen LogP contribution in [0.15, 0.2) is 18.2 Å². The van der Waals surface area contributed by atoms with Crippen molar-refractivity contribution in [2.75, 3.05) is 12.4 Å². The summed E-state index contributed by atoms with van der Waals surface area (Å²) in [5, 5.41) is 14.5. The number of rotatable bonds is 5. The van der Waals surface area contributed by atoms with Gasteiger partial charge in [-0.2, -0.15) is 0 Å². The van der Waals surface area contributed by atoms with Crippen LogP contribution in [0.2, 0.25) is 5.02 Å². The Morgan fingerprint density at radius 2 is 2.18 bits per heavy atom. The van der Waals surface area contributed by atoms with E-state index in [1.165, 1.54) is 30.6 Å². The fourth-order valence-corrected chi connectivity index (χ4v) is 4.94. The second-order valence-electron chi connectivity index (χ2n) is 6.59. The molecule has 0 unspecified atom stereocenters. The number of anilines is 1. The highest BCUT2D eigenvalue weighted by atomic mass is 35.5. The van der Waals surface area contributed by atoms with Crippen LogP contribution in [-0.2, 0) is 17.6 Å². The number of hydrogen-bond acceptors (Lipinski definition) is 6. The third kappa shape index (κ3) is 3.88. The van der Waals surface area contributed by atoms with Crippen LogP contribution in [0, 0.1) is 16.0 Å². The van der Waals surface area contributed by atoms with Crippen LogP contribution in [-0.4, -0.2) is 23.9 Å². The van der Waals surface area contributed by atoms with E-state index < -0.39 is 22.5 Å². The zero-order valence-electron chi connectivity index (χ0n) is 15.4. The van der Waals surface area contributed by atoms with Crippen LogP contribution in [0.4, 0.5) is 10.7 Å². The summed E-state index contributed by atoms with van der Waals surface area (Å²) in [5.74, 6) is -0.648. The van der Waals surface area contributed by atoms with Gasteiger partial charge in [0.25, 0.3) is 11.6 Å². The second-order valence-corrected chi connectivity index (χ2v) is 8.13. The van der Waals surface area contributed by atoms with E-state index in [2.05, 4.69) is 12.2 Å². The van der Waals surface area contributed by atoms with Crippen LogP contribution in [0.5, 0.6) is 0 Å². The SMILES string of the molecule is CC[C@H]1CCc2c(sc(NC(=O)c3ccc(Cl)cc3[N+](=O)[O-])c2C(=O)OC)C1. The van der Waals surface area contributed by atoms with Crippen LogP contribution in [0.25, 0.3) is 0 Å². The zero-order chi connectivity index (χ0) is 20.4. The van der Waals surface area contributed by atoms with Crippen molar-refractivity contribution in [1.82, 2.24) is 0 Å². The van der Waals surface area contributed by atoms with Crippen molar-refractivity contribution in [2.45, 2.75) is 32.6 Å². The highest BCUT2D eigenvalue weighted by molar-refractivity contribution is 7.17. The first-order valence-corrected chi connectivity index (χ1v) is 10.0. The van der Waals surface area contributed by atoms with Crippen LogP contribution < -0.4 is 5.32 Å². The number of carbonyl (C=O) groups excluding carboxylic acids is 2. The molecule has 0 bridgehead atoms. The average Bonchev–Trinajstić information content (AvgIpc) is 3.03. The molecule has 1 N–H and O–H groups in total. The van der Waals surface area contributed by atoms with E-state index in [0.717, 1.165) is 42.2 Å². The molecule has 2 aromatic rings. The van der Waals surface area contributed by atoms with E-state index in [9.17, 15) is 19.7 Å². The number of nitrogens with one attached hydrogen (secondary N) is 1. The molecule has 1 aromatic carbocycles. The molecule has 3 rings (SSSR count). The first-order valence-electron chi connectivity index (χ1n) is 8.83. The lowest BCUT2D eigenvalue weighted by molar-refractivity contribution is -0.385. The van der Waals surface area contributed by atoms with Gasteiger partial charge in [0.1, 0.15) is 10.6 Å². The first kappa shape index (κ1) is 20.3. The zero-order valence-corrected chi connectivity index (χ0v) is 17.0. The molecule has 0 radical (unpaired) electrons. The van der Waals surface area contributed by atoms with E-state index in [1.807, 2.05) is 0 Å². The van der Waals surface area contributed by atoms with Gasteiger partial charge < -0.3 is 10.1 Å². The van der Waals surface area contributed by atoms with E-state index in [0.29, 0.717) is 16.5 Å². The number of benzene rings is 1. The molecule has 0 spiro atoms. The molecule has 0 aliphatic heterocycles. The van der Waals surface area contributed by atoms with Crippen molar-refractivity contribution >= 4 is 45.5 Å². The summed E-state index contributed by atoms with van der Waals surface area (Å²) in [6.07, 6.45) is 3.60. The summed E-state index contributed by atoms with van der Waals surface area (Å²) in [7, 11) is 1.29. The highest BCUT2D eigenvalue weighted by Gasteiger charge is 2.30. The quantitative estimate of drug-likeness (QED) is 0.421. The minimum Gasteiger partial charge on any atom is -0.465 e. The summed E-state index contributed by atoms with van der Waals surface area (Å²) >= 11 is 7.15. The molecular formula is C19H19ClN2O5S. The molecule has 0 saturated heterocycles. The molecule has 1 aliphatic rings. The summed E-state index contributed by atoms with van der Waals surface area (Å²) in [6, 6.07) is 3.84. The van der Waals surface area contributed by atoms with Gasteiger partial charge in [0, 0.05) is 16.0 Å². The van der Waals surface area contributed by atoms with Crippen molar-refractivity contribution in [3.8, 4) is 0 Å². The third-order valence-electron chi connectivity index (χ3n) is 4.96. The second kappa shape index (κ2) is 8.28. The Hall–Kier alpha value is -2.45. The van der Waals surface area contributed by atoms with Gasteiger partial charge in [-0.15, -0.1) is 11.3 Å². The fraction of sp³-hybridized carbons (Fsp3) is 0.368. The largest absolute Gasteiger partial charge is 0.465 e. The Morgan fingerprint density at radius 3 is 2.82 bits per heavy atom. The number of hydrogen-bond donors (Lipinski definition) is 1. The summed E-state index contributed by atoms with van der Waals surface area (Å²) < 4.78 is 4.91. The summed E-state index contributed by atoms with van der Waals surface area (Å²) in [4.78, 5) is 36.8. The van der Waals surface area contributed by atoms with Crippen molar-refractivity contribution in [2.24, 2.45) is 5.92 Å². The number of amides is 1. The lowest BCUT2D eigenvalue weighted by Gasteiger charge is -2.20. The van der Waals surface area contributed by atoms with Crippen molar-refractivity contribution < 1.29 is 19.2 Å². The first-order chi connectivity index (χ1) is 13.3. The molecule has 7 nitrogen and oxygen atoms in total. The van der Waals surface area contributed by atoms with Gasteiger partial charge in [-0.3, -0.25) is 14.9 Å². The molecule has 1 atom stereocenters. The molecule has 1 aromatic heterocycles. The Labute approximate surface area is 170 Å².